The van der Waals surface area contributed by atoms with Crippen LogP contribution in [0.2, 0.25) is 5.02 Å². The van der Waals surface area contributed by atoms with Gasteiger partial charge >= 0.3 is 12.5 Å². The second-order valence-corrected chi connectivity index (χ2v) is 9.12. The molecule has 3 aromatic rings. The Kier molecular flexibility index (Phi) is 8.68. The van der Waals surface area contributed by atoms with Crippen LogP contribution < -0.4 is 16.5 Å². The van der Waals surface area contributed by atoms with E-state index in [2.05, 4.69) is 41.0 Å². The number of pyridine rings is 1. The fourth-order valence-electron chi connectivity index (χ4n) is 3.92. The van der Waals surface area contributed by atoms with Crippen molar-refractivity contribution >= 4 is 29.5 Å². The summed E-state index contributed by atoms with van der Waals surface area (Å²) in [5.74, 6) is -2.06. The minimum Gasteiger partial charge on any atom is -0.452 e. The monoisotopic (exact) mass is 591 g/mol. The first-order valence-electron chi connectivity index (χ1n) is 11.9. The number of aromatic nitrogens is 7. The predicted molar refractivity (Wildman–Crippen MR) is 137 cm³/mol. The van der Waals surface area contributed by atoms with Crippen LogP contribution in [0.4, 0.5) is 13.6 Å². The molecule has 216 valence electrons. The predicted octanol–water partition coefficient (Wildman–Crippen LogP) is 1.28. The summed E-state index contributed by atoms with van der Waals surface area (Å²) in [4.78, 5) is 43.6. The molecule has 0 fully saturated rings. The highest BCUT2D eigenvalue weighted by Gasteiger charge is 2.28. The number of halogens is 3. The van der Waals surface area contributed by atoms with E-state index in [0.29, 0.717) is 5.57 Å². The maximum absolute atomic E-state index is 13.6. The number of nitrogens with zero attached hydrogens (tertiary/aromatic N) is 8. The summed E-state index contributed by atoms with van der Waals surface area (Å²) >= 11 is 6.32. The van der Waals surface area contributed by atoms with Crippen LogP contribution in [0.3, 0.4) is 0 Å². The quantitative estimate of drug-likeness (QED) is 0.338. The lowest BCUT2D eigenvalue weighted by molar-refractivity contribution is -0.121. The summed E-state index contributed by atoms with van der Waals surface area (Å²) < 4.78 is 31.6. The first-order valence-corrected chi connectivity index (χ1v) is 12.2. The van der Waals surface area contributed by atoms with Crippen molar-refractivity contribution in [1.82, 2.24) is 50.7 Å². The lowest BCUT2D eigenvalue weighted by Gasteiger charge is -2.25. The molecule has 0 bridgehead atoms. The van der Waals surface area contributed by atoms with Gasteiger partial charge in [0.15, 0.2) is 5.82 Å². The molecule has 1 atom stereocenters. The molecule has 1 aliphatic rings. The number of tetrazole rings is 1. The van der Waals surface area contributed by atoms with E-state index in [1.165, 1.54) is 19.3 Å². The number of amides is 3. The van der Waals surface area contributed by atoms with Gasteiger partial charge in [-0.05, 0) is 42.3 Å². The van der Waals surface area contributed by atoms with Crippen LogP contribution in [-0.4, -0.2) is 78.1 Å². The van der Waals surface area contributed by atoms with Crippen LogP contribution in [0.5, 0.6) is 0 Å². The zero-order valence-electron chi connectivity index (χ0n) is 21.9. The standard InChI is InChI=1S/C23H24ClF2N11O4/c1-11-7-12(27)8-14(21(38)33-35(2)23(40)41-3)17(11)29-22(39)16-9-13(10-36-32-19(18(25)26)30-34-36)31-37(16)20-15(24)5-4-6-28-20/h4-7,9,12,18H,8,10,27H2,1-3H3,(H,29,39)(H,33,38). The third kappa shape index (κ3) is 6.52. The number of methoxy groups -OCH3 is 1. The molecule has 4 N–H and O–H groups in total. The number of carbonyl (C=O) groups excluding carboxylic acids is 3. The number of carbonyl (C=O) groups is 3. The molecule has 41 heavy (non-hydrogen) atoms. The van der Waals surface area contributed by atoms with Crippen molar-refractivity contribution < 1.29 is 27.9 Å². The van der Waals surface area contributed by atoms with Crippen molar-refractivity contribution in [1.29, 1.82) is 0 Å². The fraction of sp³-hybridized carbons (Fsp3) is 0.304. The molecule has 0 aliphatic heterocycles. The van der Waals surface area contributed by atoms with Gasteiger partial charge in [-0.1, -0.05) is 17.7 Å². The van der Waals surface area contributed by atoms with Gasteiger partial charge in [0.25, 0.3) is 11.8 Å². The Balaban J connectivity index is 1.70. The molecular formula is C23H24ClF2N11O4. The van der Waals surface area contributed by atoms with E-state index in [9.17, 15) is 23.2 Å². The number of alkyl halides is 2. The molecule has 4 rings (SSSR count). The average molecular weight is 592 g/mol. The molecule has 3 aromatic heterocycles. The summed E-state index contributed by atoms with van der Waals surface area (Å²) in [6.07, 6.45) is -0.568. The van der Waals surface area contributed by atoms with Crippen LogP contribution in [0, 0.1) is 0 Å². The van der Waals surface area contributed by atoms with Crippen molar-refractivity contribution in [2.75, 3.05) is 14.2 Å². The van der Waals surface area contributed by atoms with Gasteiger partial charge in [-0.2, -0.15) is 9.90 Å². The molecule has 3 amide bonds. The van der Waals surface area contributed by atoms with Gasteiger partial charge in [-0.25, -0.2) is 28.3 Å². The largest absolute Gasteiger partial charge is 0.452 e. The first-order chi connectivity index (χ1) is 19.5. The summed E-state index contributed by atoms with van der Waals surface area (Å²) in [5, 5.41) is 18.6. The molecule has 1 unspecified atom stereocenters. The van der Waals surface area contributed by atoms with Gasteiger partial charge in [-0.3, -0.25) is 15.0 Å². The third-order valence-corrected chi connectivity index (χ3v) is 6.02. The molecule has 0 saturated heterocycles. The van der Waals surface area contributed by atoms with E-state index in [-0.39, 0.29) is 46.5 Å². The minimum atomic E-state index is -2.91. The van der Waals surface area contributed by atoms with Crippen LogP contribution in [0.1, 0.15) is 41.8 Å². The normalized spacial score (nSPS) is 15.0. The van der Waals surface area contributed by atoms with Crippen molar-refractivity contribution in [3.05, 3.63) is 69.6 Å². The molecule has 18 heteroatoms. The molecule has 0 aromatic carbocycles. The van der Waals surface area contributed by atoms with Crippen LogP contribution >= 0.6 is 11.6 Å². The fourth-order valence-corrected chi connectivity index (χ4v) is 4.12. The van der Waals surface area contributed by atoms with Crippen molar-refractivity contribution in [2.24, 2.45) is 5.73 Å². The molecular weight excluding hydrogens is 568 g/mol. The topological polar surface area (TPSA) is 188 Å². The van der Waals surface area contributed by atoms with Crippen molar-refractivity contribution in [3.8, 4) is 5.82 Å². The summed E-state index contributed by atoms with van der Waals surface area (Å²) in [6.45, 7) is 1.45. The minimum absolute atomic E-state index is 0.0504. The number of hydrogen-bond donors (Lipinski definition) is 3. The first kappa shape index (κ1) is 29.2. The zero-order valence-corrected chi connectivity index (χ0v) is 22.6. The Bertz CT molecular complexity index is 1550. The van der Waals surface area contributed by atoms with Crippen molar-refractivity contribution in [3.63, 3.8) is 0 Å². The molecule has 1 aliphatic carbocycles. The lowest BCUT2D eigenvalue weighted by atomic mass is 9.93. The van der Waals surface area contributed by atoms with Gasteiger partial charge < -0.3 is 15.8 Å². The van der Waals surface area contributed by atoms with E-state index in [0.717, 1.165) is 21.6 Å². The molecule has 0 saturated carbocycles. The number of nitrogens with one attached hydrogen (secondary N) is 2. The zero-order chi connectivity index (χ0) is 29.8. The molecule has 3 heterocycles. The van der Waals surface area contributed by atoms with Crippen LogP contribution in [0.25, 0.3) is 5.82 Å². The SMILES string of the molecule is COC(=O)N(C)NC(=O)C1=C(NC(=O)c2cc(Cn3nnc(C(F)F)n3)nn2-c2ncccc2Cl)C(C)=CC(N)C1. The van der Waals surface area contributed by atoms with E-state index >= 15 is 0 Å². The molecule has 0 radical (unpaired) electrons. The lowest BCUT2D eigenvalue weighted by Crippen LogP contribution is -2.46. The smallest absolute Gasteiger partial charge is 0.428 e. The number of rotatable bonds is 7. The van der Waals surface area contributed by atoms with Gasteiger partial charge in [0.05, 0.1) is 23.5 Å². The van der Waals surface area contributed by atoms with E-state index < -0.39 is 36.2 Å². The maximum Gasteiger partial charge on any atom is 0.428 e. The average Bonchev–Trinajstić information content (AvgIpc) is 3.57. The van der Waals surface area contributed by atoms with Gasteiger partial charge in [0.1, 0.15) is 12.2 Å². The highest BCUT2D eigenvalue weighted by atomic mass is 35.5. The van der Waals surface area contributed by atoms with Gasteiger partial charge in [0.2, 0.25) is 5.82 Å². The number of nitrogens with two attached hydrogens (primary N) is 1. The summed E-state index contributed by atoms with van der Waals surface area (Å²) in [7, 11) is 2.44. The summed E-state index contributed by atoms with van der Waals surface area (Å²) in [5.41, 5.74) is 9.35. The number of hydrazine groups is 1. The van der Waals surface area contributed by atoms with Crippen molar-refractivity contribution in [2.45, 2.75) is 32.4 Å². The van der Waals surface area contributed by atoms with E-state index in [4.69, 9.17) is 17.3 Å². The number of ether oxygens (including phenoxy) is 1. The Morgan fingerprint density at radius 2 is 2.05 bits per heavy atom. The second-order valence-electron chi connectivity index (χ2n) is 8.72. The van der Waals surface area contributed by atoms with Gasteiger partial charge in [-0.15, -0.1) is 10.2 Å². The second kappa shape index (κ2) is 12.2. The Labute approximate surface area is 235 Å². The van der Waals surface area contributed by atoms with Crippen LogP contribution in [-0.2, 0) is 16.1 Å². The summed E-state index contributed by atoms with van der Waals surface area (Å²) in [6, 6.07) is 3.96. The Morgan fingerprint density at radius 3 is 2.71 bits per heavy atom. The molecule has 15 nitrogen and oxygen atoms in total. The maximum atomic E-state index is 13.6. The van der Waals surface area contributed by atoms with E-state index in [1.807, 2.05) is 0 Å². The number of hydrogen-bond acceptors (Lipinski definition) is 10. The molecule has 0 spiro atoms. The van der Waals surface area contributed by atoms with Crippen LogP contribution in [0.15, 0.2) is 47.3 Å². The third-order valence-electron chi connectivity index (χ3n) is 5.73. The highest BCUT2D eigenvalue weighted by molar-refractivity contribution is 6.32. The van der Waals surface area contributed by atoms with E-state index in [1.54, 1.807) is 25.1 Å². The van der Waals surface area contributed by atoms with Gasteiger partial charge in [0, 0.05) is 24.9 Å². The Morgan fingerprint density at radius 1 is 1.29 bits per heavy atom. The number of allylic oxidation sites excluding steroid dienone is 1. The highest BCUT2D eigenvalue weighted by Crippen LogP contribution is 2.25. The Hall–Kier alpha value is -4.77.